The van der Waals surface area contributed by atoms with Crippen LogP contribution in [0.5, 0.6) is 0 Å². The van der Waals surface area contributed by atoms with Crippen molar-refractivity contribution in [2.24, 2.45) is 0 Å². The molecule has 2 aromatic rings. The molecule has 0 fully saturated rings. The number of nitrogens with one attached hydrogen (secondary N) is 1. The van der Waals surface area contributed by atoms with Gasteiger partial charge in [0.25, 0.3) is 5.91 Å². The Labute approximate surface area is 182 Å². The maximum absolute atomic E-state index is 13.4. The van der Waals surface area contributed by atoms with Crippen LogP contribution in [0, 0.1) is 0 Å². The fourth-order valence-electron chi connectivity index (χ4n) is 3.67. The predicted octanol–water partition coefficient (Wildman–Crippen LogP) is 3.62. The summed E-state index contributed by atoms with van der Waals surface area (Å²) in [6, 6.07) is 13.5. The maximum atomic E-state index is 13.4. The molecule has 1 atom stereocenters. The third-order valence-corrected chi connectivity index (χ3v) is 5.78. The molecule has 1 N–H and O–H groups in total. The van der Waals surface area contributed by atoms with Crippen LogP contribution in [0.4, 0.5) is 10.5 Å². The summed E-state index contributed by atoms with van der Waals surface area (Å²) in [7, 11) is 1.66. The Morgan fingerprint density at radius 1 is 1.13 bits per heavy atom. The molecular formula is C22H20BrN3O4. The minimum Gasteiger partial charge on any atom is -0.462 e. The molecule has 8 heteroatoms. The standard InChI is InChI=1S/C22H20BrN3O4/c1-3-30-21(28)14-6-10-16(11-7-14)26-12-17-18(20(26)27)19(24-22(29)25(17)2)13-4-8-15(23)9-5-13/h4-11,19H,3,12H2,1-2H3,(H,24,29)/t19-/m0/s1. The summed E-state index contributed by atoms with van der Waals surface area (Å²) in [5.41, 5.74) is 3.13. The molecule has 0 spiro atoms. The van der Waals surface area contributed by atoms with Crippen LogP contribution in [0.15, 0.2) is 64.3 Å². The van der Waals surface area contributed by atoms with Crippen LogP contribution in [-0.4, -0.2) is 43.0 Å². The van der Waals surface area contributed by atoms with Gasteiger partial charge in [-0.05, 0) is 48.9 Å². The lowest BCUT2D eigenvalue weighted by Gasteiger charge is -2.31. The molecule has 2 aliphatic heterocycles. The van der Waals surface area contributed by atoms with E-state index in [-0.39, 0.29) is 18.5 Å². The van der Waals surface area contributed by atoms with Crippen molar-refractivity contribution < 1.29 is 19.1 Å². The van der Waals surface area contributed by atoms with Crippen LogP contribution < -0.4 is 10.2 Å². The number of hydrogen-bond acceptors (Lipinski definition) is 4. The zero-order valence-corrected chi connectivity index (χ0v) is 18.1. The Morgan fingerprint density at radius 3 is 2.43 bits per heavy atom. The molecule has 0 aliphatic carbocycles. The topological polar surface area (TPSA) is 79.0 Å². The van der Waals surface area contributed by atoms with Crippen molar-refractivity contribution in [2.75, 3.05) is 25.1 Å². The van der Waals surface area contributed by atoms with Gasteiger partial charge in [0.05, 0.1) is 36.0 Å². The Hall–Kier alpha value is -3.13. The number of benzene rings is 2. The van der Waals surface area contributed by atoms with Gasteiger partial charge < -0.3 is 15.0 Å². The first-order valence-electron chi connectivity index (χ1n) is 9.52. The van der Waals surface area contributed by atoms with Crippen LogP contribution >= 0.6 is 15.9 Å². The van der Waals surface area contributed by atoms with Gasteiger partial charge in [0.15, 0.2) is 0 Å². The Morgan fingerprint density at radius 2 is 1.80 bits per heavy atom. The molecule has 2 heterocycles. The molecule has 0 radical (unpaired) electrons. The first kappa shape index (κ1) is 20.2. The van der Waals surface area contributed by atoms with Crippen LogP contribution in [-0.2, 0) is 9.53 Å². The van der Waals surface area contributed by atoms with Crippen LogP contribution in [0.1, 0.15) is 28.9 Å². The molecular weight excluding hydrogens is 450 g/mol. The molecule has 7 nitrogen and oxygen atoms in total. The zero-order chi connectivity index (χ0) is 21.4. The highest BCUT2D eigenvalue weighted by molar-refractivity contribution is 9.10. The van der Waals surface area contributed by atoms with E-state index in [1.54, 1.807) is 43.1 Å². The maximum Gasteiger partial charge on any atom is 0.338 e. The smallest absolute Gasteiger partial charge is 0.338 e. The van der Waals surface area contributed by atoms with Gasteiger partial charge in [0, 0.05) is 17.2 Å². The fourth-order valence-corrected chi connectivity index (χ4v) is 3.94. The highest BCUT2D eigenvalue weighted by atomic mass is 79.9. The van der Waals surface area contributed by atoms with Gasteiger partial charge in [-0.1, -0.05) is 28.1 Å². The summed E-state index contributed by atoms with van der Waals surface area (Å²) in [4.78, 5) is 40.8. The van der Waals surface area contributed by atoms with Crippen molar-refractivity contribution in [3.05, 3.63) is 75.4 Å². The second kappa shape index (κ2) is 7.95. The Bertz CT molecular complexity index is 1050. The highest BCUT2D eigenvalue weighted by Gasteiger charge is 2.43. The van der Waals surface area contributed by atoms with E-state index in [0.29, 0.717) is 29.1 Å². The van der Waals surface area contributed by atoms with Gasteiger partial charge >= 0.3 is 12.0 Å². The van der Waals surface area contributed by atoms with E-state index in [1.165, 1.54) is 4.90 Å². The van der Waals surface area contributed by atoms with Gasteiger partial charge in [0.2, 0.25) is 0 Å². The van der Waals surface area contributed by atoms with Crippen molar-refractivity contribution in [3.63, 3.8) is 0 Å². The summed E-state index contributed by atoms with van der Waals surface area (Å²) in [6.07, 6.45) is 0. The van der Waals surface area contributed by atoms with Crippen LogP contribution in [0.25, 0.3) is 0 Å². The number of carbonyl (C=O) groups is 3. The quantitative estimate of drug-likeness (QED) is 0.693. The summed E-state index contributed by atoms with van der Waals surface area (Å²) in [5, 5.41) is 2.92. The monoisotopic (exact) mass is 469 g/mol. The number of hydrogen-bond donors (Lipinski definition) is 1. The molecule has 0 bridgehead atoms. The number of nitrogens with zero attached hydrogens (tertiary/aromatic N) is 2. The SMILES string of the molecule is CCOC(=O)c1ccc(N2CC3=C(C2=O)[C@H](c2ccc(Br)cc2)NC(=O)N3C)cc1. The Balaban J connectivity index is 1.65. The first-order chi connectivity index (χ1) is 14.4. The number of halogens is 1. The van der Waals surface area contributed by atoms with E-state index in [1.807, 2.05) is 24.3 Å². The molecule has 2 aromatic carbocycles. The lowest BCUT2D eigenvalue weighted by atomic mass is 9.96. The van der Waals surface area contributed by atoms with E-state index in [9.17, 15) is 14.4 Å². The number of ether oxygens (including phenoxy) is 1. The minimum absolute atomic E-state index is 0.173. The van der Waals surface area contributed by atoms with Crippen LogP contribution in [0.2, 0.25) is 0 Å². The van der Waals surface area contributed by atoms with E-state index < -0.39 is 12.0 Å². The number of anilines is 1. The summed E-state index contributed by atoms with van der Waals surface area (Å²) in [6.45, 7) is 2.33. The average molecular weight is 470 g/mol. The van der Waals surface area contributed by atoms with Crippen molar-refractivity contribution in [1.82, 2.24) is 10.2 Å². The minimum atomic E-state index is -0.520. The molecule has 0 unspecified atom stereocenters. The zero-order valence-electron chi connectivity index (χ0n) is 16.5. The van der Waals surface area contributed by atoms with Crippen LogP contribution in [0.3, 0.4) is 0 Å². The summed E-state index contributed by atoms with van der Waals surface area (Å²) >= 11 is 3.41. The third-order valence-electron chi connectivity index (χ3n) is 5.25. The Kier molecular flexibility index (Phi) is 5.34. The number of likely N-dealkylation sites (N-methyl/N-ethyl adjacent to an activating group) is 1. The molecule has 30 heavy (non-hydrogen) atoms. The van der Waals surface area contributed by atoms with Gasteiger partial charge in [-0.25, -0.2) is 9.59 Å². The second-order valence-corrected chi connectivity index (χ2v) is 7.93. The van der Waals surface area contributed by atoms with E-state index in [0.717, 1.165) is 10.0 Å². The lowest BCUT2D eigenvalue weighted by molar-refractivity contribution is -0.114. The predicted molar refractivity (Wildman–Crippen MR) is 115 cm³/mol. The molecule has 0 saturated carbocycles. The van der Waals surface area contributed by atoms with Crippen molar-refractivity contribution in [2.45, 2.75) is 13.0 Å². The number of amides is 3. The number of urea groups is 1. The average Bonchev–Trinajstić information content (AvgIpc) is 3.09. The van der Waals surface area contributed by atoms with Crippen molar-refractivity contribution in [3.8, 4) is 0 Å². The second-order valence-electron chi connectivity index (χ2n) is 7.01. The van der Waals surface area contributed by atoms with Crippen molar-refractivity contribution in [1.29, 1.82) is 0 Å². The number of rotatable bonds is 4. The normalized spacial score (nSPS) is 18.4. The largest absolute Gasteiger partial charge is 0.462 e. The molecule has 0 aromatic heterocycles. The summed E-state index contributed by atoms with van der Waals surface area (Å²) < 4.78 is 5.92. The van der Waals surface area contributed by atoms with E-state index in [2.05, 4.69) is 21.2 Å². The molecule has 3 amide bonds. The molecule has 154 valence electrons. The van der Waals surface area contributed by atoms with E-state index >= 15 is 0 Å². The van der Waals surface area contributed by atoms with Gasteiger partial charge in [-0.3, -0.25) is 9.69 Å². The summed E-state index contributed by atoms with van der Waals surface area (Å²) in [5.74, 6) is -0.576. The first-order valence-corrected chi connectivity index (χ1v) is 10.3. The van der Waals surface area contributed by atoms with Gasteiger partial charge in [-0.2, -0.15) is 0 Å². The number of carbonyl (C=O) groups excluding carboxylic acids is 3. The fraction of sp³-hybridized carbons (Fsp3) is 0.227. The van der Waals surface area contributed by atoms with Crippen molar-refractivity contribution >= 4 is 39.5 Å². The van der Waals surface area contributed by atoms with E-state index in [4.69, 9.17) is 4.74 Å². The number of esters is 1. The van der Waals surface area contributed by atoms with Gasteiger partial charge in [-0.15, -0.1) is 0 Å². The third kappa shape index (κ3) is 3.47. The molecule has 0 saturated heterocycles. The molecule has 2 aliphatic rings. The van der Waals surface area contributed by atoms with Gasteiger partial charge in [0.1, 0.15) is 0 Å². The lowest BCUT2D eigenvalue weighted by Crippen LogP contribution is -2.45. The highest BCUT2D eigenvalue weighted by Crippen LogP contribution is 2.37. The molecule has 4 rings (SSSR count).